The topological polar surface area (TPSA) is 72.1 Å². The van der Waals surface area contributed by atoms with Gasteiger partial charge in [0.25, 0.3) is 0 Å². The quantitative estimate of drug-likeness (QED) is 0.426. The molecule has 1 N–H and O–H groups in total. The smallest absolute Gasteiger partial charge is 0.340 e. The van der Waals surface area contributed by atoms with E-state index in [9.17, 15) is 9.59 Å². The molecule has 0 saturated carbocycles. The Labute approximate surface area is 155 Å². The van der Waals surface area contributed by atoms with Crippen molar-refractivity contribution in [3.63, 3.8) is 0 Å². The first-order chi connectivity index (χ1) is 13.2. The number of aromatic nitrogens is 2. The minimum atomic E-state index is -1.04. The van der Waals surface area contributed by atoms with E-state index in [0.29, 0.717) is 16.7 Å². The van der Waals surface area contributed by atoms with Crippen LogP contribution in [0.1, 0.15) is 32.4 Å². The second kappa shape index (κ2) is 7.25. The normalized spacial score (nSPS) is 11.9. The van der Waals surface area contributed by atoms with Crippen molar-refractivity contribution in [2.24, 2.45) is 0 Å². The average molecular weight is 356 g/mol. The second-order valence-corrected chi connectivity index (χ2v) is 6.05. The fourth-order valence-corrected chi connectivity index (χ4v) is 2.98. The van der Waals surface area contributed by atoms with E-state index < -0.39 is 12.1 Å². The highest BCUT2D eigenvalue weighted by Gasteiger charge is 2.28. The predicted molar refractivity (Wildman–Crippen MR) is 101 cm³/mol. The van der Waals surface area contributed by atoms with Crippen LogP contribution in [0.4, 0.5) is 0 Å². The summed E-state index contributed by atoms with van der Waals surface area (Å²) in [6.07, 6.45) is 3.60. The summed E-state index contributed by atoms with van der Waals surface area (Å²) >= 11 is 0. The number of para-hydroxylation sites is 1. The van der Waals surface area contributed by atoms with Crippen LogP contribution in [0, 0.1) is 0 Å². The molecule has 0 aliphatic rings. The van der Waals surface area contributed by atoms with Crippen molar-refractivity contribution in [1.82, 2.24) is 9.97 Å². The lowest BCUT2D eigenvalue weighted by Gasteiger charge is -2.17. The number of Topliss-reactive ketones (excluding diaryl/α,β-unsaturated/α-hetero) is 1. The van der Waals surface area contributed by atoms with Gasteiger partial charge in [-0.3, -0.25) is 9.78 Å². The van der Waals surface area contributed by atoms with Gasteiger partial charge in [-0.2, -0.15) is 0 Å². The number of aromatic amines is 1. The maximum atomic E-state index is 13.3. The van der Waals surface area contributed by atoms with Crippen molar-refractivity contribution in [1.29, 1.82) is 0 Å². The highest BCUT2D eigenvalue weighted by atomic mass is 16.5. The number of carbonyl (C=O) groups is 2. The van der Waals surface area contributed by atoms with Crippen LogP contribution in [0.25, 0.3) is 10.9 Å². The van der Waals surface area contributed by atoms with E-state index in [-0.39, 0.29) is 5.78 Å². The molecule has 2 heterocycles. The van der Waals surface area contributed by atoms with Crippen molar-refractivity contribution in [2.75, 3.05) is 0 Å². The van der Waals surface area contributed by atoms with Crippen molar-refractivity contribution < 1.29 is 14.3 Å². The maximum Gasteiger partial charge on any atom is 0.340 e. The molecule has 0 unspecified atom stereocenters. The summed E-state index contributed by atoms with van der Waals surface area (Å²) in [5.41, 5.74) is 2.25. The Bertz CT molecular complexity index is 1090. The number of esters is 1. The standard InChI is InChI=1S/C22H16N2O3/c25-20(18-14-24-19-11-5-4-10-17(18)19)21(15-7-2-1-3-8-15)27-22(26)16-9-6-12-23-13-16/h1-14,21,24H/t21-/m0/s1. The number of H-pyrrole nitrogens is 1. The number of hydrogen-bond donors (Lipinski definition) is 1. The minimum Gasteiger partial charge on any atom is -0.445 e. The number of benzene rings is 2. The molecule has 0 aliphatic carbocycles. The number of ether oxygens (including phenoxy) is 1. The highest BCUT2D eigenvalue weighted by molar-refractivity contribution is 6.11. The lowest BCUT2D eigenvalue weighted by atomic mass is 9.99. The molecular weight excluding hydrogens is 340 g/mol. The Morgan fingerprint density at radius 2 is 1.70 bits per heavy atom. The molecular formula is C22H16N2O3. The molecule has 0 spiro atoms. The molecule has 0 amide bonds. The van der Waals surface area contributed by atoms with Gasteiger partial charge in [0, 0.05) is 40.6 Å². The number of carbonyl (C=O) groups excluding carboxylic acids is 2. The largest absolute Gasteiger partial charge is 0.445 e. The number of nitrogens with one attached hydrogen (secondary N) is 1. The van der Waals surface area contributed by atoms with Gasteiger partial charge in [0.15, 0.2) is 6.10 Å². The summed E-state index contributed by atoms with van der Waals surface area (Å²) in [7, 11) is 0. The van der Waals surface area contributed by atoms with Crippen LogP contribution >= 0.6 is 0 Å². The van der Waals surface area contributed by atoms with Crippen LogP contribution in [-0.4, -0.2) is 21.7 Å². The molecule has 1 atom stereocenters. The monoisotopic (exact) mass is 356 g/mol. The number of fused-ring (bicyclic) bond motifs is 1. The molecule has 2 aromatic heterocycles. The minimum absolute atomic E-state index is 0.282. The van der Waals surface area contributed by atoms with Gasteiger partial charge in [0.05, 0.1) is 5.56 Å². The molecule has 5 heteroatoms. The van der Waals surface area contributed by atoms with Gasteiger partial charge in [-0.1, -0.05) is 48.5 Å². The second-order valence-electron chi connectivity index (χ2n) is 6.05. The van der Waals surface area contributed by atoms with Crippen molar-refractivity contribution in [3.05, 3.63) is 102 Å². The van der Waals surface area contributed by atoms with E-state index in [4.69, 9.17) is 4.74 Å². The van der Waals surface area contributed by atoms with Crippen LogP contribution in [0.5, 0.6) is 0 Å². The van der Waals surface area contributed by atoms with Gasteiger partial charge in [-0.05, 0) is 18.2 Å². The SMILES string of the molecule is O=C(O[C@H](C(=O)c1c[nH]c2ccccc12)c1ccccc1)c1cccnc1. The molecule has 0 bridgehead atoms. The Morgan fingerprint density at radius 3 is 2.48 bits per heavy atom. The molecule has 4 rings (SSSR count). The Hall–Kier alpha value is -3.73. The van der Waals surface area contributed by atoms with Crippen LogP contribution in [0.3, 0.4) is 0 Å². The van der Waals surface area contributed by atoms with Gasteiger partial charge >= 0.3 is 5.97 Å². The Kier molecular flexibility index (Phi) is 4.49. The summed E-state index contributed by atoms with van der Waals surface area (Å²) in [6.45, 7) is 0. The third-order valence-electron chi connectivity index (χ3n) is 4.32. The van der Waals surface area contributed by atoms with Crippen LogP contribution < -0.4 is 0 Å². The zero-order valence-electron chi connectivity index (χ0n) is 14.3. The van der Waals surface area contributed by atoms with E-state index in [0.717, 1.165) is 10.9 Å². The summed E-state index contributed by atoms with van der Waals surface area (Å²) in [5.74, 6) is -0.874. The lowest BCUT2D eigenvalue weighted by Crippen LogP contribution is -2.20. The zero-order valence-corrected chi connectivity index (χ0v) is 14.3. The molecule has 0 saturated heterocycles. The van der Waals surface area contributed by atoms with Crippen LogP contribution in [0.2, 0.25) is 0 Å². The van der Waals surface area contributed by atoms with Gasteiger partial charge in [0.1, 0.15) is 0 Å². The molecule has 0 fully saturated rings. The van der Waals surface area contributed by atoms with Crippen LogP contribution in [0.15, 0.2) is 85.3 Å². The fraction of sp³-hybridized carbons (Fsp3) is 0.0455. The Morgan fingerprint density at radius 1 is 0.926 bits per heavy atom. The van der Waals surface area contributed by atoms with Gasteiger partial charge < -0.3 is 9.72 Å². The van der Waals surface area contributed by atoms with Crippen molar-refractivity contribution >= 4 is 22.7 Å². The van der Waals surface area contributed by atoms with Gasteiger partial charge in [-0.15, -0.1) is 0 Å². The molecule has 4 aromatic rings. The number of nitrogens with zero attached hydrogens (tertiary/aromatic N) is 1. The lowest BCUT2D eigenvalue weighted by molar-refractivity contribution is 0.0280. The Balaban J connectivity index is 1.72. The number of hydrogen-bond acceptors (Lipinski definition) is 4. The molecule has 0 aliphatic heterocycles. The summed E-state index contributed by atoms with van der Waals surface area (Å²) < 4.78 is 5.61. The van der Waals surface area contributed by atoms with E-state index in [1.807, 2.05) is 42.5 Å². The fourth-order valence-electron chi connectivity index (χ4n) is 2.98. The van der Waals surface area contributed by atoms with Crippen molar-refractivity contribution in [3.8, 4) is 0 Å². The maximum absolute atomic E-state index is 13.3. The third-order valence-corrected chi connectivity index (χ3v) is 4.32. The predicted octanol–water partition coefficient (Wildman–Crippen LogP) is 4.34. The number of rotatable bonds is 5. The van der Waals surface area contributed by atoms with E-state index >= 15 is 0 Å². The summed E-state index contributed by atoms with van der Waals surface area (Å²) in [6, 6.07) is 19.8. The van der Waals surface area contributed by atoms with E-state index in [1.165, 1.54) is 6.20 Å². The molecule has 27 heavy (non-hydrogen) atoms. The number of pyridine rings is 1. The first-order valence-electron chi connectivity index (χ1n) is 8.50. The van der Waals surface area contributed by atoms with E-state index in [1.54, 1.807) is 36.7 Å². The average Bonchev–Trinajstić information content (AvgIpc) is 3.17. The zero-order chi connectivity index (χ0) is 18.6. The molecule has 2 aromatic carbocycles. The first-order valence-corrected chi connectivity index (χ1v) is 8.50. The summed E-state index contributed by atoms with van der Waals surface area (Å²) in [4.78, 5) is 32.8. The molecule has 132 valence electrons. The first kappa shape index (κ1) is 16.7. The third kappa shape index (κ3) is 3.35. The van der Waals surface area contributed by atoms with Gasteiger partial charge in [0.2, 0.25) is 5.78 Å². The summed E-state index contributed by atoms with van der Waals surface area (Å²) in [5, 5.41) is 0.792. The molecule has 5 nitrogen and oxygen atoms in total. The number of ketones is 1. The van der Waals surface area contributed by atoms with Crippen LogP contribution in [-0.2, 0) is 4.74 Å². The van der Waals surface area contributed by atoms with Crippen molar-refractivity contribution in [2.45, 2.75) is 6.10 Å². The van der Waals surface area contributed by atoms with E-state index in [2.05, 4.69) is 9.97 Å². The van der Waals surface area contributed by atoms with Gasteiger partial charge in [-0.25, -0.2) is 4.79 Å². The highest BCUT2D eigenvalue weighted by Crippen LogP contribution is 2.27. The molecule has 0 radical (unpaired) electrons.